The summed E-state index contributed by atoms with van der Waals surface area (Å²) in [6.07, 6.45) is 6.53. The number of hydrogen-bond acceptors (Lipinski definition) is 4. The van der Waals surface area contributed by atoms with Crippen LogP contribution in [0.2, 0.25) is 0 Å². The van der Waals surface area contributed by atoms with Crippen molar-refractivity contribution in [3.63, 3.8) is 0 Å². The van der Waals surface area contributed by atoms with Crippen LogP contribution >= 0.6 is 0 Å². The maximum atomic E-state index is 13.0. The second kappa shape index (κ2) is 7.58. The van der Waals surface area contributed by atoms with E-state index in [2.05, 4.69) is 9.88 Å². The third-order valence-electron chi connectivity index (χ3n) is 5.28. The van der Waals surface area contributed by atoms with E-state index in [4.69, 9.17) is 4.42 Å². The zero-order chi connectivity index (χ0) is 17.9. The van der Waals surface area contributed by atoms with Gasteiger partial charge in [0.2, 0.25) is 11.8 Å². The summed E-state index contributed by atoms with van der Waals surface area (Å²) in [6.45, 7) is 3.31. The number of rotatable bonds is 5. The third-order valence-corrected chi connectivity index (χ3v) is 5.28. The summed E-state index contributed by atoms with van der Waals surface area (Å²) in [5, 5.41) is 0. The number of oxazole rings is 1. The Bertz CT molecular complexity index is 753. The van der Waals surface area contributed by atoms with Crippen molar-refractivity contribution < 1.29 is 13.6 Å². The van der Waals surface area contributed by atoms with Crippen molar-refractivity contribution >= 4 is 5.91 Å². The van der Waals surface area contributed by atoms with Gasteiger partial charge < -0.3 is 9.32 Å². The normalized spacial score (nSPS) is 20.8. The number of amides is 1. The van der Waals surface area contributed by atoms with Gasteiger partial charge in [0.1, 0.15) is 17.6 Å². The Balaban J connectivity index is 1.42. The number of likely N-dealkylation sites (tertiary alicyclic amines) is 2. The maximum Gasteiger partial charge on any atom is 0.237 e. The minimum atomic E-state index is -0.245. The fourth-order valence-electron chi connectivity index (χ4n) is 3.91. The maximum absolute atomic E-state index is 13.0. The van der Waals surface area contributed by atoms with Gasteiger partial charge in [0.25, 0.3) is 0 Å². The fraction of sp³-hybridized carbons (Fsp3) is 0.500. The lowest BCUT2D eigenvalue weighted by Gasteiger charge is -2.25. The highest BCUT2D eigenvalue weighted by molar-refractivity contribution is 5.79. The number of halogens is 1. The Morgan fingerprint density at radius 1 is 1.15 bits per heavy atom. The molecule has 2 fully saturated rings. The molecule has 2 aliphatic heterocycles. The van der Waals surface area contributed by atoms with Crippen molar-refractivity contribution in [3.05, 3.63) is 53.5 Å². The van der Waals surface area contributed by atoms with Crippen LogP contribution in [0.25, 0.3) is 0 Å². The molecular weight excluding hydrogens is 333 g/mol. The second-order valence-corrected chi connectivity index (χ2v) is 7.20. The molecule has 0 radical (unpaired) electrons. The lowest BCUT2D eigenvalue weighted by atomic mass is 10.1. The first-order valence-electron chi connectivity index (χ1n) is 9.40. The molecule has 2 saturated heterocycles. The van der Waals surface area contributed by atoms with Crippen LogP contribution in [-0.4, -0.2) is 46.9 Å². The largest absolute Gasteiger partial charge is 0.443 e. The first kappa shape index (κ1) is 17.2. The molecule has 26 heavy (non-hydrogen) atoms. The van der Waals surface area contributed by atoms with E-state index in [9.17, 15) is 9.18 Å². The van der Waals surface area contributed by atoms with Crippen LogP contribution in [0.1, 0.15) is 48.9 Å². The summed E-state index contributed by atoms with van der Waals surface area (Å²) in [4.78, 5) is 21.3. The van der Waals surface area contributed by atoms with Gasteiger partial charge in [-0.2, -0.15) is 0 Å². The molecule has 0 bridgehead atoms. The van der Waals surface area contributed by atoms with Gasteiger partial charge in [-0.05, 0) is 56.5 Å². The zero-order valence-electron chi connectivity index (χ0n) is 14.9. The van der Waals surface area contributed by atoms with Crippen molar-refractivity contribution in [3.8, 4) is 0 Å². The molecule has 1 aromatic carbocycles. The Morgan fingerprint density at radius 2 is 1.92 bits per heavy atom. The molecule has 1 atom stereocenters. The van der Waals surface area contributed by atoms with Gasteiger partial charge in [0.15, 0.2) is 0 Å². The van der Waals surface area contributed by atoms with Gasteiger partial charge in [-0.1, -0.05) is 12.1 Å². The number of carbonyl (C=O) groups is 1. The molecule has 6 heteroatoms. The van der Waals surface area contributed by atoms with E-state index in [0.717, 1.165) is 43.8 Å². The summed E-state index contributed by atoms with van der Waals surface area (Å²) in [6, 6.07) is 6.33. The van der Waals surface area contributed by atoms with Crippen LogP contribution in [0, 0.1) is 5.82 Å². The highest BCUT2D eigenvalue weighted by Crippen LogP contribution is 2.32. The van der Waals surface area contributed by atoms with Crippen LogP contribution in [0.4, 0.5) is 4.39 Å². The Kier molecular flexibility index (Phi) is 5.02. The predicted octanol–water partition coefficient (Wildman–Crippen LogP) is 3.16. The van der Waals surface area contributed by atoms with Gasteiger partial charge in [-0.25, -0.2) is 9.37 Å². The molecule has 2 aromatic rings. The van der Waals surface area contributed by atoms with E-state index in [-0.39, 0.29) is 17.8 Å². The summed E-state index contributed by atoms with van der Waals surface area (Å²) in [5.74, 6) is 1.29. The number of carbonyl (C=O) groups excluding carboxylic acids is 1. The van der Waals surface area contributed by atoms with Gasteiger partial charge in [0.05, 0.1) is 12.7 Å². The summed E-state index contributed by atoms with van der Waals surface area (Å²) in [7, 11) is 0. The highest BCUT2D eigenvalue weighted by atomic mass is 19.1. The molecule has 0 aliphatic carbocycles. The quantitative estimate of drug-likeness (QED) is 0.825. The van der Waals surface area contributed by atoms with Crippen LogP contribution in [0.5, 0.6) is 0 Å². The molecule has 2 aliphatic rings. The molecule has 0 unspecified atom stereocenters. The lowest BCUT2D eigenvalue weighted by molar-refractivity contribution is -0.133. The standard InChI is InChI=1S/C20H24FN3O2/c21-16-7-5-15(6-8-16)12-17-13-22-20(26-17)18-4-3-11-24(18)19(25)14-23-9-1-2-10-23/h5-8,13,18H,1-4,9-12,14H2/t18-/m0/s1. The van der Waals surface area contributed by atoms with Gasteiger partial charge in [0, 0.05) is 13.0 Å². The average Bonchev–Trinajstić information content (AvgIpc) is 3.37. The molecule has 0 saturated carbocycles. The van der Waals surface area contributed by atoms with Gasteiger partial charge in [-0.3, -0.25) is 9.69 Å². The van der Waals surface area contributed by atoms with Crippen LogP contribution in [0.3, 0.4) is 0 Å². The third kappa shape index (κ3) is 3.80. The minimum Gasteiger partial charge on any atom is -0.443 e. The van der Waals surface area contributed by atoms with Gasteiger partial charge >= 0.3 is 0 Å². The monoisotopic (exact) mass is 357 g/mol. The van der Waals surface area contributed by atoms with E-state index in [1.807, 2.05) is 4.90 Å². The number of aromatic nitrogens is 1. The first-order chi connectivity index (χ1) is 12.7. The average molecular weight is 357 g/mol. The van der Waals surface area contributed by atoms with E-state index in [1.165, 1.54) is 25.0 Å². The minimum absolute atomic E-state index is 0.0629. The highest BCUT2D eigenvalue weighted by Gasteiger charge is 2.34. The van der Waals surface area contributed by atoms with Crippen molar-refractivity contribution in [2.45, 2.75) is 38.1 Å². The molecule has 3 heterocycles. The second-order valence-electron chi connectivity index (χ2n) is 7.20. The molecule has 0 spiro atoms. The number of benzene rings is 1. The molecule has 1 aromatic heterocycles. The fourth-order valence-corrected chi connectivity index (χ4v) is 3.91. The molecule has 0 N–H and O–H groups in total. The Labute approximate surface area is 152 Å². The lowest BCUT2D eigenvalue weighted by Crippen LogP contribution is -2.39. The van der Waals surface area contributed by atoms with Crippen LogP contribution in [-0.2, 0) is 11.2 Å². The Morgan fingerprint density at radius 3 is 2.69 bits per heavy atom. The van der Waals surface area contributed by atoms with Crippen LogP contribution < -0.4 is 0 Å². The van der Waals surface area contributed by atoms with Crippen molar-refractivity contribution in [2.75, 3.05) is 26.2 Å². The van der Waals surface area contributed by atoms with E-state index < -0.39 is 0 Å². The summed E-state index contributed by atoms with van der Waals surface area (Å²) in [5.41, 5.74) is 0.975. The van der Waals surface area contributed by atoms with E-state index in [1.54, 1.807) is 18.3 Å². The number of hydrogen-bond donors (Lipinski definition) is 0. The topological polar surface area (TPSA) is 49.6 Å². The van der Waals surface area contributed by atoms with Crippen molar-refractivity contribution in [1.82, 2.24) is 14.8 Å². The van der Waals surface area contributed by atoms with Crippen LogP contribution in [0.15, 0.2) is 34.9 Å². The van der Waals surface area contributed by atoms with E-state index >= 15 is 0 Å². The van der Waals surface area contributed by atoms with E-state index in [0.29, 0.717) is 18.9 Å². The van der Waals surface area contributed by atoms with Crippen molar-refractivity contribution in [1.29, 1.82) is 0 Å². The zero-order valence-corrected chi connectivity index (χ0v) is 14.9. The predicted molar refractivity (Wildman–Crippen MR) is 95.1 cm³/mol. The van der Waals surface area contributed by atoms with Gasteiger partial charge in [-0.15, -0.1) is 0 Å². The smallest absolute Gasteiger partial charge is 0.237 e. The molecular formula is C20H24FN3O2. The molecule has 138 valence electrons. The SMILES string of the molecule is O=C(CN1CCCC1)N1CCC[C@H]1c1ncc(Cc2ccc(F)cc2)o1. The Hall–Kier alpha value is -2.21. The first-order valence-corrected chi connectivity index (χ1v) is 9.40. The number of nitrogens with zero attached hydrogens (tertiary/aromatic N) is 3. The summed E-state index contributed by atoms with van der Waals surface area (Å²) >= 11 is 0. The molecule has 1 amide bonds. The summed E-state index contributed by atoms with van der Waals surface area (Å²) < 4.78 is 19.0. The van der Waals surface area contributed by atoms with Crippen molar-refractivity contribution in [2.24, 2.45) is 0 Å². The molecule has 4 rings (SSSR count). The molecule has 5 nitrogen and oxygen atoms in total.